The first kappa shape index (κ1) is 9.86. The van der Waals surface area contributed by atoms with Gasteiger partial charge in [-0.25, -0.2) is 8.78 Å². The van der Waals surface area contributed by atoms with Crippen LogP contribution in [-0.2, 0) is 0 Å². The SMILES string of the molecule is Nc1cc(C(F)F)c2scc(Br)c2c1. The van der Waals surface area contributed by atoms with Crippen LogP contribution in [0.5, 0.6) is 0 Å². The second kappa shape index (κ2) is 3.47. The molecular weight excluding hydrogens is 272 g/mol. The van der Waals surface area contributed by atoms with Crippen molar-refractivity contribution >= 4 is 43.0 Å². The Morgan fingerprint density at radius 3 is 2.71 bits per heavy atom. The molecule has 74 valence electrons. The molecule has 0 aliphatic rings. The molecule has 14 heavy (non-hydrogen) atoms. The third-order valence-corrected chi connectivity index (χ3v) is 3.92. The first-order valence-corrected chi connectivity index (χ1v) is 5.51. The van der Waals surface area contributed by atoms with Crippen LogP contribution < -0.4 is 5.73 Å². The molecule has 0 radical (unpaired) electrons. The van der Waals surface area contributed by atoms with E-state index in [-0.39, 0.29) is 5.56 Å². The molecule has 0 spiro atoms. The monoisotopic (exact) mass is 277 g/mol. The van der Waals surface area contributed by atoms with Crippen molar-refractivity contribution in [2.24, 2.45) is 0 Å². The fourth-order valence-corrected chi connectivity index (χ4v) is 2.97. The lowest BCUT2D eigenvalue weighted by molar-refractivity contribution is 0.153. The summed E-state index contributed by atoms with van der Waals surface area (Å²) < 4.78 is 26.7. The van der Waals surface area contributed by atoms with Crippen molar-refractivity contribution in [3.05, 3.63) is 27.5 Å². The number of anilines is 1. The van der Waals surface area contributed by atoms with Crippen molar-refractivity contribution < 1.29 is 8.78 Å². The zero-order valence-electron chi connectivity index (χ0n) is 6.93. The summed E-state index contributed by atoms with van der Waals surface area (Å²) >= 11 is 4.59. The third kappa shape index (κ3) is 1.50. The molecule has 0 aliphatic carbocycles. The summed E-state index contributed by atoms with van der Waals surface area (Å²) in [6.07, 6.45) is -2.48. The van der Waals surface area contributed by atoms with Crippen LogP contribution in [0.2, 0.25) is 0 Å². The molecule has 0 bridgehead atoms. The lowest BCUT2D eigenvalue weighted by atomic mass is 10.1. The van der Waals surface area contributed by atoms with Gasteiger partial charge in [0.05, 0.1) is 0 Å². The highest BCUT2D eigenvalue weighted by Crippen LogP contribution is 2.38. The molecule has 5 heteroatoms. The lowest BCUT2D eigenvalue weighted by Crippen LogP contribution is -1.89. The second-order valence-corrected chi connectivity index (χ2v) is 4.61. The zero-order chi connectivity index (χ0) is 10.3. The second-order valence-electron chi connectivity index (χ2n) is 2.87. The van der Waals surface area contributed by atoms with E-state index in [9.17, 15) is 8.78 Å². The Bertz CT molecular complexity index is 481. The molecule has 0 atom stereocenters. The van der Waals surface area contributed by atoms with Gasteiger partial charge in [0.25, 0.3) is 6.43 Å². The van der Waals surface area contributed by atoms with Gasteiger partial charge in [0, 0.05) is 31.2 Å². The van der Waals surface area contributed by atoms with Crippen LogP contribution in [0.1, 0.15) is 12.0 Å². The molecule has 2 N–H and O–H groups in total. The molecular formula is C9H6BrF2NS. The van der Waals surface area contributed by atoms with E-state index in [1.165, 1.54) is 17.4 Å². The quantitative estimate of drug-likeness (QED) is 0.778. The number of benzene rings is 1. The first-order chi connectivity index (χ1) is 6.59. The molecule has 0 amide bonds. The minimum absolute atomic E-state index is 0.00991. The van der Waals surface area contributed by atoms with Crippen molar-refractivity contribution in [3.8, 4) is 0 Å². The summed E-state index contributed by atoms with van der Waals surface area (Å²) in [4.78, 5) is 0. The Balaban J connectivity index is 2.82. The number of halogens is 3. The Hall–Kier alpha value is -0.680. The topological polar surface area (TPSA) is 26.0 Å². The number of hydrogen-bond donors (Lipinski definition) is 1. The number of hydrogen-bond acceptors (Lipinski definition) is 2. The maximum atomic E-state index is 12.6. The van der Waals surface area contributed by atoms with Gasteiger partial charge < -0.3 is 5.73 Å². The number of nitrogens with two attached hydrogens (primary N) is 1. The van der Waals surface area contributed by atoms with E-state index in [2.05, 4.69) is 15.9 Å². The maximum absolute atomic E-state index is 12.6. The molecule has 2 aromatic rings. The summed E-state index contributed by atoms with van der Waals surface area (Å²) in [7, 11) is 0. The van der Waals surface area contributed by atoms with E-state index in [0.717, 1.165) is 9.86 Å². The van der Waals surface area contributed by atoms with Crippen LogP contribution in [0.25, 0.3) is 10.1 Å². The van der Waals surface area contributed by atoms with Gasteiger partial charge in [-0.15, -0.1) is 11.3 Å². The lowest BCUT2D eigenvalue weighted by Gasteiger charge is -2.03. The van der Waals surface area contributed by atoms with Crippen LogP contribution in [0, 0.1) is 0 Å². The highest BCUT2D eigenvalue weighted by molar-refractivity contribution is 9.10. The molecule has 1 aromatic heterocycles. The van der Waals surface area contributed by atoms with E-state index >= 15 is 0 Å². The summed E-state index contributed by atoms with van der Waals surface area (Å²) in [6.45, 7) is 0. The Morgan fingerprint density at radius 1 is 1.36 bits per heavy atom. The minimum Gasteiger partial charge on any atom is -0.399 e. The van der Waals surface area contributed by atoms with Crippen LogP contribution in [0.15, 0.2) is 22.0 Å². The molecule has 0 saturated heterocycles. The normalized spacial score (nSPS) is 11.4. The number of thiophene rings is 1. The Kier molecular flexibility index (Phi) is 2.45. The molecule has 0 unspecified atom stereocenters. The number of rotatable bonds is 1. The van der Waals surface area contributed by atoms with Crippen LogP contribution in [-0.4, -0.2) is 0 Å². The van der Waals surface area contributed by atoms with Gasteiger partial charge in [-0.1, -0.05) is 0 Å². The van der Waals surface area contributed by atoms with Gasteiger partial charge in [0.2, 0.25) is 0 Å². The van der Waals surface area contributed by atoms with E-state index in [4.69, 9.17) is 5.73 Å². The van der Waals surface area contributed by atoms with Gasteiger partial charge in [-0.05, 0) is 28.1 Å². The molecule has 1 heterocycles. The predicted octanol–water partition coefficient (Wildman–Crippen LogP) is 4.18. The van der Waals surface area contributed by atoms with E-state index < -0.39 is 6.43 Å². The van der Waals surface area contributed by atoms with Crippen molar-refractivity contribution in [2.75, 3.05) is 5.73 Å². The number of nitrogen functional groups attached to an aromatic ring is 1. The maximum Gasteiger partial charge on any atom is 0.265 e. The van der Waals surface area contributed by atoms with Gasteiger partial charge in [-0.2, -0.15) is 0 Å². The standard InChI is InChI=1S/C9H6BrF2NS/c10-7-3-14-8-5(7)1-4(13)2-6(8)9(11)12/h1-3,9H,13H2. The largest absolute Gasteiger partial charge is 0.399 e. The number of alkyl halides is 2. The molecule has 0 aliphatic heterocycles. The molecule has 1 nitrogen and oxygen atoms in total. The van der Waals surface area contributed by atoms with E-state index in [1.54, 1.807) is 11.4 Å². The fourth-order valence-electron chi connectivity index (χ4n) is 1.32. The van der Waals surface area contributed by atoms with Crippen molar-refractivity contribution in [1.82, 2.24) is 0 Å². The average molecular weight is 278 g/mol. The fraction of sp³-hybridized carbons (Fsp3) is 0.111. The Labute approximate surface area is 91.7 Å². The van der Waals surface area contributed by atoms with Gasteiger partial charge in [-0.3, -0.25) is 0 Å². The van der Waals surface area contributed by atoms with Crippen LogP contribution >= 0.6 is 27.3 Å². The molecule has 0 saturated carbocycles. The minimum atomic E-state index is -2.48. The highest BCUT2D eigenvalue weighted by Gasteiger charge is 2.15. The summed E-state index contributed by atoms with van der Waals surface area (Å²) in [5, 5.41) is 2.54. The predicted molar refractivity (Wildman–Crippen MR) is 58.9 cm³/mol. The van der Waals surface area contributed by atoms with Crippen molar-refractivity contribution in [2.45, 2.75) is 6.43 Å². The van der Waals surface area contributed by atoms with Gasteiger partial charge >= 0.3 is 0 Å². The van der Waals surface area contributed by atoms with E-state index in [0.29, 0.717) is 10.4 Å². The third-order valence-electron chi connectivity index (χ3n) is 1.91. The van der Waals surface area contributed by atoms with Crippen LogP contribution in [0.4, 0.5) is 14.5 Å². The number of fused-ring (bicyclic) bond motifs is 1. The first-order valence-electron chi connectivity index (χ1n) is 3.84. The summed E-state index contributed by atoms with van der Waals surface area (Å²) in [6, 6.07) is 3.03. The Morgan fingerprint density at radius 2 is 2.07 bits per heavy atom. The molecule has 1 aromatic carbocycles. The average Bonchev–Trinajstić information content (AvgIpc) is 2.47. The van der Waals surface area contributed by atoms with E-state index in [1.807, 2.05) is 0 Å². The summed E-state index contributed by atoms with van der Waals surface area (Å²) in [5.41, 5.74) is 5.92. The van der Waals surface area contributed by atoms with Crippen LogP contribution in [0.3, 0.4) is 0 Å². The molecule has 2 rings (SSSR count). The highest BCUT2D eigenvalue weighted by atomic mass is 79.9. The van der Waals surface area contributed by atoms with Gasteiger partial charge in [0.1, 0.15) is 0 Å². The van der Waals surface area contributed by atoms with Gasteiger partial charge in [0.15, 0.2) is 0 Å². The molecule has 0 fully saturated rings. The summed E-state index contributed by atoms with van der Waals surface area (Å²) in [5.74, 6) is 0. The van der Waals surface area contributed by atoms with Crippen molar-refractivity contribution in [1.29, 1.82) is 0 Å². The smallest absolute Gasteiger partial charge is 0.265 e. The zero-order valence-corrected chi connectivity index (χ0v) is 9.33. The van der Waals surface area contributed by atoms with Crippen molar-refractivity contribution in [3.63, 3.8) is 0 Å².